The van der Waals surface area contributed by atoms with Gasteiger partial charge in [0.15, 0.2) is 6.04 Å². The molecule has 4 heteroatoms. The fourth-order valence-corrected chi connectivity index (χ4v) is 1.63. The first kappa shape index (κ1) is 8.23. The lowest BCUT2D eigenvalue weighted by atomic mass is 10.2. The molecule has 1 atom stereocenters. The average molecular weight is 197 g/mol. The second kappa shape index (κ2) is 2.95. The van der Waals surface area contributed by atoms with Crippen molar-refractivity contribution in [3.8, 4) is 0 Å². The number of amides is 1. The lowest BCUT2D eigenvalue weighted by molar-refractivity contribution is -0.118. The van der Waals surface area contributed by atoms with Gasteiger partial charge in [-0.05, 0) is 18.2 Å². The van der Waals surface area contributed by atoms with Crippen LogP contribution in [0.25, 0.3) is 0 Å². The Labute approximate surface area is 85.4 Å². The van der Waals surface area contributed by atoms with Crippen LogP contribution in [0.1, 0.15) is 0 Å². The lowest BCUT2D eigenvalue weighted by Gasteiger charge is -2.00. The van der Waals surface area contributed by atoms with Crippen molar-refractivity contribution in [2.45, 2.75) is 6.04 Å². The number of benzene rings is 1. The molecule has 72 valence electrons. The van der Waals surface area contributed by atoms with E-state index in [1.54, 1.807) is 18.4 Å². The summed E-state index contributed by atoms with van der Waals surface area (Å²) in [4.78, 5) is 24.1. The molecule has 0 saturated carbocycles. The van der Waals surface area contributed by atoms with Gasteiger partial charge in [0.2, 0.25) is 0 Å². The van der Waals surface area contributed by atoms with Gasteiger partial charge in [0.25, 0.3) is 5.91 Å². The van der Waals surface area contributed by atoms with Crippen LogP contribution in [-0.2, 0) is 4.79 Å². The molecule has 3 rings (SSSR count). The summed E-state index contributed by atoms with van der Waals surface area (Å²) < 4.78 is 0. The summed E-state index contributed by atoms with van der Waals surface area (Å²) in [5.41, 5.74) is 0.675. The Morgan fingerprint density at radius 1 is 1.07 bits per heavy atom. The summed E-state index contributed by atoms with van der Waals surface area (Å²) in [6.07, 6.45) is 3.35. The molecule has 1 aromatic carbocycles. The quantitative estimate of drug-likeness (QED) is 0.568. The first-order chi connectivity index (χ1) is 7.34. The third-order valence-electron chi connectivity index (χ3n) is 2.36. The molecule has 1 aromatic rings. The van der Waals surface area contributed by atoms with Crippen LogP contribution in [-0.4, -0.2) is 18.2 Å². The van der Waals surface area contributed by atoms with Crippen LogP contribution in [0.4, 0.5) is 0 Å². The third kappa shape index (κ3) is 1.22. The van der Waals surface area contributed by atoms with Gasteiger partial charge in [-0.25, -0.2) is 9.98 Å². The van der Waals surface area contributed by atoms with E-state index >= 15 is 0 Å². The molecule has 0 spiro atoms. The van der Waals surface area contributed by atoms with Gasteiger partial charge in [-0.2, -0.15) is 0 Å². The van der Waals surface area contributed by atoms with Gasteiger partial charge < -0.3 is 0 Å². The number of carbonyl (C=O) groups excluding carboxylic acids is 1. The van der Waals surface area contributed by atoms with Gasteiger partial charge in [0, 0.05) is 6.21 Å². The van der Waals surface area contributed by atoms with Gasteiger partial charge in [-0.1, -0.05) is 12.1 Å². The molecule has 2 aliphatic heterocycles. The summed E-state index contributed by atoms with van der Waals surface area (Å²) >= 11 is 0. The zero-order chi connectivity index (χ0) is 10.3. The second-order valence-corrected chi connectivity index (χ2v) is 3.34. The number of hydrogen-bond donors (Lipinski definition) is 0. The Kier molecular flexibility index (Phi) is 1.62. The molecule has 0 radical (unpaired) electrons. The fraction of sp³-hybridized carbons (Fsp3) is 0.0909. The third-order valence-corrected chi connectivity index (χ3v) is 2.36. The number of allylic oxidation sites excluding steroid dienone is 1. The first-order valence-electron chi connectivity index (χ1n) is 4.64. The molecule has 0 aliphatic carbocycles. The molecule has 0 fully saturated rings. The van der Waals surface area contributed by atoms with Gasteiger partial charge in [-0.15, -0.1) is 0 Å². The number of rotatable bonds is 0. The maximum Gasteiger partial charge on any atom is 0.277 e. The summed E-state index contributed by atoms with van der Waals surface area (Å²) in [5.74, 6) is -0.247. The molecular formula is C11H7N3O. The zero-order valence-electron chi connectivity index (χ0n) is 7.79. The van der Waals surface area contributed by atoms with Crippen molar-refractivity contribution >= 4 is 12.1 Å². The minimum absolute atomic E-state index is 0.247. The highest BCUT2D eigenvalue weighted by molar-refractivity contribution is 5.92. The van der Waals surface area contributed by atoms with Gasteiger partial charge in [0.05, 0.1) is 16.4 Å². The molecule has 0 bridgehead atoms. The highest BCUT2D eigenvalue weighted by Gasteiger charge is 2.25. The lowest BCUT2D eigenvalue weighted by Crippen LogP contribution is -2.24. The Hall–Kier alpha value is -2.10. The molecule has 0 aromatic heterocycles. The number of hydrogen-bond acceptors (Lipinski definition) is 3. The first-order valence-corrected chi connectivity index (χ1v) is 4.64. The van der Waals surface area contributed by atoms with Crippen LogP contribution >= 0.6 is 0 Å². The average Bonchev–Trinajstić information content (AvgIpc) is 2.64. The van der Waals surface area contributed by atoms with Gasteiger partial charge in [0.1, 0.15) is 0 Å². The molecule has 2 aliphatic rings. The Morgan fingerprint density at radius 3 is 2.60 bits per heavy atom. The van der Waals surface area contributed by atoms with E-state index in [0.717, 1.165) is 5.36 Å². The van der Waals surface area contributed by atoms with E-state index in [1.807, 2.05) is 18.2 Å². The second-order valence-electron chi connectivity index (χ2n) is 3.34. The van der Waals surface area contributed by atoms with E-state index in [1.165, 1.54) is 0 Å². The maximum absolute atomic E-state index is 11.7. The highest BCUT2D eigenvalue weighted by atomic mass is 16.1. The zero-order valence-corrected chi connectivity index (χ0v) is 7.79. The van der Waals surface area contributed by atoms with Crippen LogP contribution in [0.2, 0.25) is 0 Å². The molecule has 1 amide bonds. The van der Waals surface area contributed by atoms with E-state index < -0.39 is 6.04 Å². The Morgan fingerprint density at radius 2 is 1.80 bits per heavy atom. The molecule has 1 unspecified atom stereocenters. The number of fused-ring (bicyclic) bond motifs is 2. The highest BCUT2D eigenvalue weighted by Crippen LogP contribution is 2.14. The summed E-state index contributed by atoms with van der Waals surface area (Å²) in [7, 11) is 0. The number of carbonyl (C=O) groups is 1. The van der Waals surface area contributed by atoms with Crippen LogP contribution in [0, 0.1) is 0 Å². The summed E-state index contributed by atoms with van der Waals surface area (Å²) in [6, 6.07) is 6.80. The Balaban J connectivity index is 2.37. The molecule has 15 heavy (non-hydrogen) atoms. The van der Waals surface area contributed by atoms with Crippen LogP contribution in [0.5, 0.6) is 0 Å². The van der Waals surface area contributed by atoms with E-state index in [2.05, 4.69) is 15.0 Å². The van der Waals surface area contributed by atoms with E-state index in [0.29, 0.717) is 11.1 Å². The van der Waals surface area contributed by atoms with Crippen molar-refractivity contribution in [3.05, 3.63) is 46.8 Å². The van der Waals surface area contributed by atoms with Crippen LogP contribution in [0.3, 0.4) is 0 Å². The summed E-state index contributed by atoms with van der Waals surface area (Å²) in [5, 5.41) is 1.35. The predicted molar refractivity (Wildman–Crippen MR) is 54.1 cm³/mol. The number of nitrogens with zero attached hydrogens (tertiary/aromatic N) is 3. The van der Waals surface area contributed by atoms with E-state index in [9.17, 15) is 4.79 Å². The minimum atomic E-state index is -0.530. The SMILES string of the molecule is O=C1N=c2ccccc2=NC2=CC=NC12. The van der Waals surface area contributed by atoms with E-state index in [-0.39, 0.29) is 5.91 Å². The van der Waals surface area contributed by atoms with Crippen LogP contribution in [0.15, 0.2) is 51.0 Å². The summed E-state index contributed by atoms with van der Waals surface area (Å²) in [6.45, 7) is 0. The van der Waals surface area contributed by atoms with Crippen molar-refractivity contribution in [2.24, 2.45) is 15.0 Å². The van der Waals surface area contributed by atoms with Crippen molar-refractivity contribution < 1.29 is 4.79 Å². The van der Waals surface area contributed by atoms with Gasteiger partial charge >= 0.3 is 0 Å². The van der Waals surface area contributed by atoms with E-state index in [4.69, 9.17) is 0 Å². The predicted octanol–water partition coefficient (Wildman–Crippen LogP) is -0.197. The number of para-hydroxylation sites is 2. The monoisotopic (exact) mass is 197 g/mol. The normalized spacial score (nSPS) is 22.0. The molecule has 2 heterocycles. The molecule has 4 nitrogen and oxygen atoms in total. The standard InChI is InChI=1S/C11H7N3O/c15-11-10-9(5-6-12-10)13-7-3-1-2-4-8(7)14-11/h1-6,10H. The van der Waals surface area contributed by atoms with Crippen molar-refractivity contribution in [1.82, 2.24) is 0 Å². The topological polar surface area (TPSA) is 54.1 Å². The largest absolute Gasteiger partial charge is 0.277 e. The van der Waals surface area contributed by atoms with Crippen LogP contribution < -0.4 is 10.7 Å². The fourth-order valence-electron chi connectivity index (χ4n) is 1.63. The van der Waals surface area contributed by atoms with Gasteiger partial charge in [-0.3, -0.25) is 9.79 Å². The smallest absolute Gasteiger partial charge is 0.273 e. The molecule has 0 N–H and O–H groups in total. The minimum Gasteiger partial charge on any atom is -0.273 e. The molecule has 0 saturated heterocycles. The maximum atomic E-state index is 11.7. The number of aliphatic imine (C=N–C) groups is 1. The molecular weight excluding hydrogens is 190 g/mol. The van der Waals surface area contributed by atoms with Crippen molar-refractivity contribution in [3.63, 3.8) is 0 Å². The van der Waals surface area contributed by atoms with Crippen molar-refractivity contribution in [2.75, 3.05) is 0 Å². The van der Waals surface area contributed by atoms with Crippen molar-refractivity contribution in [1.29, 1.82) is 0 Å². The Bertz CT molecular complexity index is 613.